The van der Waals surface area contributed by atoms with Crippen molar-refractivity contribution >= 4 is 29.5 Å². The van der Waals surface area contributed by atoms with Crippen molar-refractivity contribution in [2.75, 3.05) is 12.4 Å². The molecule has 0 atom stereocenters. The lowest BCUT2D eigenvalue weighted by molar-refractivity contribution is -0.115. The van der Waals surface area contributed by atoms with Crippen LogP contribution in [0.4, 0.5) is 0 Å². The van der Waals surface area contributed by atoms with Gasteiger partial charge in [-0.05, 0) is 43.5 Å². The van der Waals surface area contributed by atoms with Crippen molar-refractivity contribution in [3.8, 4) is 5.75 Å². The zero-order valence-electron chi connectivity index (χ0n) is 13.1. The van der Waals surface area contributed by atoms with Gasteiger partial charge in [-0.25, -0.2) is 0 Å². The fourth-order valence-corrected chi connectivity index (χ4v) is 3.55. The van der Waals surface area contributed by atoms with E-state index < -0.39 is 0 Å². The molecule has 0 aromatic heterocycles. The minimum Gasteiger partial charge on any atom is -0.492 e. The van der Waals surface area contributed by atoms with Gasteiger partial charge in [-0.1, -0.05) is 0 Å². The number of rotatable bonds is 5. The molecule has 0 amide bonds. The van der Waals surface area contributed by atoms with Crippen molar-refractivity contribution in [1.29, 1.82) is 0 Å². The van der Waals surface area contributed by atoms with Crippen LogP contribution in [0.15, 0.2) is 39.4 Å². The molecule has 2 aliphatic heterocycles. The van der Waals surface area contributed by atoms with Crippen LogP contribution < -0.4 is 4.74 Å². The van der Waals surface area contributed by atoms with Crippen LogP contribution in [-0.2, 0) is 4.79 Å². The lowest BCUT2D eigenvalue weighted by Crippen LogP contribution is -2.11. The van der Waals surface area contributed by atoms with Crippen molar-refractivity contribution in [2.45, 2.75) is 37.5 Å². The Hall–Kier alpha value is -1.88. The summed E-state index contributed by atoms with van der Waals surface area (Å²) in [5.74, 6) is 1.69. The first-order valence-electron chi connectivity index (χ1n) is 7.83. The summed E-state index contributed by atoms with van der Waals surface area (Å²) in [6, 6.07) is 5.49. The van der Waals surface area contributed by atoms with E-state index >= 15 is 0 Å². The van der Waals surface area contributed by atoms with Crippen molar-refractivity contribution in [3.63, 3.8) is 0 Å². The van der Waals surface area contributed by atoms with Crippen molar-refractivity contribution in [1.82, 2.24) is 0 Å². The van der Waals surface area contributed by atoms with E-state index in [4.69, 9.17) is 4.74 Å². The average molecular weight is 329 g/mol. The molecule has 1 aromatic carbocycles. The van der Waals surface area contributed by atoms with Gasteiger partial charge in [0.15, 0.2) is 11.6 Å². The number of nitrogens with zero attached hydrogens (tertiary/aromatic N) is 1. The van der Waals surface area contributed by atoms with E-state index in [1.54, 1.807) is 24.0 Å². The van der Waals surface area contributed by atoms with Gasteiger partial charge in [-0.3, -0.25) is 14.6 Å². The zero-order valence-corrected chi connectivity index (χ0v) is 13.9. The van der Waals surface area contributed by atoms with Gasteiger partial charge in [0.05, 0.1) is 11.5 Å². The standard InChI is InChI=1S/C18H19NO3S/c1-12-3-2-8-19-18(12)15(21)6-5-14(20)13-4-7-16-17(11-13)23-10-9-22-16/h4,7-8,11H,2-3,5-6,9-10H2,1H3. The molecule has 0 unspecified atom stereocenters. The Labute approximate surface area is 140 Å². The number of Topliss-reactive ketones (excluding diaryl/α,β-unsaturated/α-hetero) is 2. The molecule has 0 N–H and O–H groups in total. The topological polar surface area (TPSA) is 55.7 Å². The minimum atomic E-state index is -0.0394. The fraction of sp³-hybridized carbons (Fsp3) is 0.389. The predicted octanol–water partition coefficient (Wildman–Crippen LogP) is 3.84. The van der Waals surface area contributed by atoms with Gasteiger partial charge in [0.1, 0.15) is 11.4 Å². The molecule has 120 valence electrons. The van der Waals surface area contributed by atoms with E-state index in [0.717, 1.165) is 34.8 Å². The Kier molecular flexibility index (Phi) is 4.96. The second-order valence-corrected chi connectivity index (χ2v) is 6.82. The van der Waals surface area contributed by atoms with Crippen molar-refractivity contribution < 1.29 is 14.3 Å². The largest absolute Gasteiger partial charge is 0.492 e. The highest BCUT2D eigenvalue weighted by atomic mass is 32.2. The third-order valence-electron chi connectivity index (χ3n) is 3.98. The molecule has 2 aliphatic rings. The average Bonchev–Trinajstić information content (AvgIpc) is 2.59. The molecule has 4 nitrogen and oxygen atoms in total. The fourth-order valence-electron chi connectivity index (χ4n) is 2.68. The Morgan fingerprint density at radius 2 is 2.09 bits per heavy atom. The second kappa shape index (κ2) is 7.13. The highest BCUT2D eigenvalue weighted by Gasteiger charge is 2.18. The number of ether oxygens (including phenoxy) is 1. The van der Waals surface area contributed by atoms with Crippen LogP contribution in [0.25, 0.3) is 0 Å². The maximum atomic E-state index is 12.3. The molecule has 5 heteroatoms. The number of carbonyl (C=O) groups is 2. The molecule has 2 heterocycles. The first-order chi connectivity index (χ1) is 11.1. The van der Waals surface area contributed by atoms with Gasteiger partial charge in [0, 0.05) is 30.4 Å². The minimum absolute atomic E-state index is 0.00892. The Balaban J connectivity index is 1.63. The van der Waals surface area contributed by atoms with Gasteiger partial charge in [0.2, 0.25) is 0 Å². The maximum Gasteiger partial charge on any atom is 0.181 e. The van der Waals surface area contributed by atoms with E-state index in [0.29, 0.717) is 17.9 Å². The molecule has 0 spiro atoms. The highest BCUT2D eigenvalue weighted by molar-refractivity contribution is 7.99. The Morgan fingerprint density at radius 1 is 1.26 bits per heavy atom. The lowest BCUT2D eigenvalue weighted by Gasteiger charge is -2.17. The summed E-state index contributed by atoms with van der Waals surface area (Å²) in [7, 11) is 0. The monoisotopic (exact) mass is 329 g/mol. The van der Waals surface area contributed by atoms with Crippen LogP contribution in [0, 0.1) is 0 Å². The predicted molar refractivity (Wildman–Crippen MR) is 91.7 cm³/mol. The lowest BCUT2D eigenvalue weighted by atomic mass is 10.00. The molecule has 0 saturated carbocycles. The van der Waals surface area contributed by atoms with E-state index in [-0.39, 0.29) is 24.4 Å². The summed E-state index contributed by atoms with van der Waals surface area (Å²) in [5.41, 5.74) is 2.21. The summed E-state index contributed by atoms with van der Waals surface area (Å²) < 4.78 is 5.54. The summed E-state index contributed by atoms with van der Waals surface area (Å²) >= 11 is 1.70. The molecule has 0 bridgehead atoms. The molecule has 0 saturated heterocycles. The number of thioether (sulfide) groups is 1. The van der Waals surface area contributed by atoms with Crippen LogP contribution in [0.1, 0.15) is 43.0 Å². The van der Waals surface area contributed by atoms with Gasteiger partial charge in [-0.2, -0.15) is 0 Å². The first kappa shape index (κ1) is 16.0. The van der Waals surface area contributed by atoms with Gasteiger partial charge >= 0.3 is 0 Å². The van der Waals surface area contributed by atoms with Gasteiger partial charge in [0.25, 0.3) is 0 Å². The first-order valence-corrected chi connectivity index (χ1v) is 8.82. The number of ketones is 2. The highest BCUT2D eigenvalue weighted by Crippen LogP contribution is 2.34. The molecule has 1 aromatic rings. The number of benzene rings is 1. The zero-order chi connectivity index (χ0) is 16.2. The normalized spacial score (nSPS) is 16.7. The van der Waals surface area contributed by atoms with Crippen molar-refractivity contribution in [2.24, 2.45) is 4.99 Å². The van der Waals surface area contributed by atoms with Crippen LogP contribution >= 0.6 is 11.8 Å². The summed E-state index contributed by atoms with van der Waals surface area (Å²) in [6.45, 7) is 2.64. The summed E-state index contributed by atoms with van der Waals surface area (Å²) in [4.78, 5) is 29.8. The second-order valence-electron chi connectivity index (χ2n) is 5.68. The van der Waals surface area contributed by atoms with Crippen LogP contribution in [-0.4, -0.2) is 30.1 Å². The molecule has 23 heavy (non-hydrogen) atoms. The SMILES string of the molecule is CC1=C(C(=O)CCC(=O)c2ccc3c(c2)SCCO3)N=CCC1. The summed E-state index contributed by atoms with van der Waals surface area (Å²) in [6.07, 6.45) is 3.97. The van der Waals surface area contributed by atoms with E-state index in [1.807, 2.05) is 19.1 Å². The van der Waals surface area contributed by atoms with Crippen LogP contribution in [0.5, 0.6) is 5.75 Å². The van der Waals surface area contributed by atoms with Crippen molar-refractivity contribution in [3.05, 3.63) is 35.0 Å². The Bertz CT molecular complexity index is 706. The van der Waals surface area contributed by atoms with Crippen LogP contribution in [0.2, 0.25) is 0 Å². The van der Waals surface area contributed by atoms with E-state index in [2.05, 4.69) is 4.99 Å². The summed E-state index contributed by atoms with van der Waals surface area (Å²) in [5, 5.41) is 0. The molecule has 0 fully saturated rings. The Morgan fingerprint density at radius 3 is 2.91 bits per heavy atom. The number of carbonyl (C=O) groups excluding carboxylic acids is 2. The van der Waals surface area contributed by atoms with Crippen LogP contribution in [0.3, 0.4) is 0 Å². The third-order valence-corrected chi connectivity index (χ3v) is 4.98. The number of allylic oxidation sites excluding steroid dienone is 2. The molecule has 0 aliphatic carbocycles. The quantitative estimate of drug-likeness (QED) is 0.770. The van der Waals surface area contributed by atoms with Gasteiger partial charge < -0.3 is 4.74 Å². The number of fused-ring (bicyclic) bond motifs is 1. The molecule has 0 radical (unpaired) electrons. The molecular weight excluding hydrogens is 310 g/mol. The number of aliphatic imine (C=N–C) groups is 1. The van der Waals surface area contributed by atoms with Gasteiger partial charge in [-0.15, -0.1) is 11.8 Å². The van der Waals surface area contributed by atoms with E-state index in [1.165, 1.54) is 0 Å². The number of hydrogen-bond donors (Lipinski definition) is 0. The van der Waals surface area contributed by atoms with E-state index in [9.17, 15) is 9.59 Å². The number of hydrogen-bond acceptors (Lipinski definition) is 5. The smallest absolute Gasteiger partial charge is 0.181 e. The third kappa shape index (κ3) is 3.72. The molecule has 3 rings (SSSR count). The maximum absolute atomic E-state index is 12.3. The molecular formula is C18H19NO3S.